The number of rotatable bonds is 12. The Kier molecular flexibility index (Phi) is 14.8. The van der Waals surface area contributed by atoms with Crippen molar-refractivity contribution in [1.29, 1.82) is 0 Å². The van der Waals surface area contributed by atoms with Crippen molar-refractivity contribution in [2.75, 3.05) is 0 Å². The molecule has 3 aromatic heterocycles. The lowest BCUT2D eigenvalue weighted by Crippen LogP contribution is -2.15. The van der Waals surface area contributed by atoms with Crippen molar-refractivity contribution >= 4 is 91.9 Å². The maximum Gasteiger partial charge on any atom is 0.278 e. The van der Waals surface area contributed by atoms with Crippen LogP contribution < -0.4 is 0 Å². The number of aromatic amines is 2. The second-order valence-electron chi connectivity index (χ2n) is 25.1. The fourth-order valence-corrected chi connectivity index (χ4v) is 11.1. The van der Waals surface area contributed by atoms with Gasteiger partial charge < -0.3 is 9.97 Å². The molecule has 0 aliphatic carbocycles. The predicted molar refractivity (Wildman–Crippen MR) is 329 cm³/mol. The Morgan fingerprint density at radius 2 is 0.455 bits per heavy atom. The molecule has 2 aliphatic rings. The molecule has 0 atom stereocenters. The lowest BCUT2D eigenvalue weighted by Gasteiger charge is -2.20. The highest BCUT2D eigenvalue weighted by molar-refractivity contribution is 6.03. The molecule has 4 aromatic carbocycles. The Hall–Kier alpha value is -11.3. The number of nitrogens with zero attached hydrogens (tertiary/aromatic N) is 10. The largest absolute Gasteiger partial charge is 0.354 e. The van der Waals surface area contributed by atoms with Crippen LogP contribution in [-0.4, -0.2) is 59.3 Å². The molecule has 9 rings (SSSR count). The van der Waals surface area contributed by atoms with Crippen LogP contribution in [0.1, 0.15) is 128 Å². The van der Waals surface area contributed by atoms with E-state index in [0.717, 1.165) is 48.5 Å². The van der Waals surface area contributed by atoms with Crippen molar-refractivity contribution in [2.24, 2.45) is 0 Å². The molecule has 0 unspecified atom stereocenters. The number of nitro groups is 8. The minimum Gasteiger partial charge on any atom is -0.354 e. The minimum absolute atomic E-state index is 0.0431. The fourth-order valence-electron chi connectivity index (χ4n) is 11.1. The fraction of sp³-hybridized carbons (Fsp3) is 0.267. The van der Waals surface area contributed by atoms with Crippen molar-refractivity contribution in [3.63, 3.8) is 0 Å². The van der Waals surface area contributed by atoms with E-state index < -0.39 is 129 Å². The SMILES string of the molecule is CC(C)(C)c1cc([N+](=O)[O-])c(-c2c3nc(c(-c4cc([N+](=O)[O-])c(C(C)(C)C)cc4[N+](=O)[O-])c4ccc([nH]4)c(-c4cc([N+](=O)[O-])c(C(C)(C)C)cc4[N+](=O)[O-])c4nc(c(-c5cc([N+](=O)[O-])c(C(C)(C)C)cc5[N+](=O)[O-])c5ccc2[nH]5)C=C4)C=C3)cc1[N+](=O)[O-]. The van der Waals surface area contributed by atoms with E-state index in [0.29, 0.717) is 0 Å². The zero-order valence-electron chi connectivity index (χ0n) is 49.2. The molecular formula is C60H54N12O16. The Morgan fingerprint density at radius 3 is 0.602 bits per heavy atom. The molecule has 5 heterocycles. The van der Waals surface area contributed by atoms with E-state index in [1.807, 2.05) is 0 Å². The molecule has 0 radical (unpaired) electrons. The van der Waals surface area contributed by atoms with Gasteiger partial charge in [0.15, 0.2) is 0 Å². The van der Waals surface area contributed by atoms with Gasteiger partial charge in [-0.2, -0.15) is 0 Å². The van der Waals surface area contributed by atoms with Crippen LogP contribution in [0.3, 0.4) is 0 Å². The number of hydrogen-bond acceptors (Lipinski definition) is 18. The summed E-state index contributed by atoms with van der Waals surface area (Å²) in [5.74, 6) is 0. The lowest BCUT2D eigenvalue weighted by molar-refractivity contribution is -0.389. The monoisotopic (exact) mass is 1200 g/mol. The quantitative estimate of drug-likeness (QED) is 0.0847. The number of benzene rings is 4. The van der Waals surface area contributed by atoms with E-state index in [1.165, 1.54) is 48.6 Å². The number of H-pyrrole nitrogens is 2. The molecular weight excluding hydrogens is 1140 g/mol. The number of fused-ring (bicyclic) bond motifs is 8. The van der Waals surface area contributed by atoms with Gasteiger partial charge in [0.05, 0.1) is 84.4 Å². The Balaban J connectivity index is 1.63. The molecule has 28 nitrogen and oxygen atoms in total. The van der Waals surface area contributed by atoms with E-state index >= 15 is 0 Å². The first-order chi connectivity index (χ1) is 40.8. The molecule has 2 N–H and O–H groups in total. The van der Waals surface area contributed by atoms with Crippen LogP contribution in [0.4, 0.5) is 45.5 Å². The summed E-state index contributed by atoms with van der Waals surface area (Å²) < 4.78 is 0. The van der Waals surface area contributed by atoms with E-state index in [2.05, 4.69) is 9.97 Å². The first-order valence-corrected chi connectivity index (χ1v) is 26.9. The Bertz CT molecular complexity index is 4020. The third kappa shape index (κ3) is 10.9. The summed E-state index contributed by atoms with van der Waals surface area (Å²) >= 11 is 0. The van der Waals surface area contributed by atoms with Crippen LogP contribution in [0.5, 0.6) is 0 Å². The lowest BCUT2D eigenvalue weighted by atomic mass is 9.84. The highest BCUT2D eigenvalue weighted by Gasteiger charge is 2.38. The zero-order chi connectivity index (χ0) is 64.9. The van der Waals surface area contributed by atoms with Gasteiger partial charge in [-0.05, 0) is 70.2 Å². The van der Waals surface area contributed by atoms with Gasteiger partial charge in [0, 0.05) is 115 Å². The number of nitrogens with one attached hydrogen (secondary N) is 2. The van der Waals surface area contributed by atoms with Crippen molar-refractivity contribution in [3.8, 4) is 44.5 Å². The molecule has 28 heteroatoms. The molecule has 0 saturated heterocycles. The molecule has 2 aliphatic heterocycles. The molecule has 0 amide bonds. The summed E-state index contributed by atoms with van der Waals surface area (Å²) in [7, 11) is 0. The molecule has 88 heavy (non-hydrogen) atoms. The van der Waals surface area contributed by atoms with Crippen LogP contribution >= 0.6 is 0 Å². The average Bonchev–Trinajstić information content (AvgIpc) is 1.46. The molecule has 0 spiro atoms. The van der Waals surface area contributed by atoms with E-state index in [4.69, 9.17) is 9.97 Å². The molecule has 450 valence electrons. The normalized spacial score (nSPS) is 12.5. The summed E-state index contributed by atoms with van der Waals surface area (Å²) in [4.78, 5) is 116. The van der Waals surface area contributed by atoms with Crippen molar-refractivity contribution in [3.05, 3.63) is 199 Å². The first kappa shape index (κ1) is 61.2. The number of nitro benzene ring substituents is 8. The van der Waals surface area contributed by atoms with Crippen LogP contribution in [0, 0.1) is 80.9 Å². The molecule has 0 saturated carbocycles. The average molecular weight is 1200 g/mol. The second kappa shape index (κ2) is 21.3. The summed E-state index contributed by atoms with van der Waals surface area (Å²) in [6.45, 7) is 19.3. The Labute approximate surface area is 497 Å². The maximum atomic E-state index is 13.4. The van der Waals surface area contributed by atoms with Gasteiger partial charge in [-0.15, -0.1) is 0 Å². The standard InChI is InChI=1S/C60H54N12O16/c1-57(2,3)33-25-45(65(73)74)29(21-49(33)69(81)82)53-37-13-15-39(61-37)54(30-22-50(70(83)84)34(58(4,5)6)26-46(30)66(75)76)41-17-19-43(63-41)56(32-24-52(72(87)88)36(60(10,11)12)28-48(32)68(79)80)44-20-18-42(64-44)55(40-16-14-38(53)62-40)31-23-51(71(85)86)35(59(7,8)9)27-47(31)67(77)78/h13-28,61,64H,1-12H3. The van der Waals surface area contributed by atoms with Crippen LogP contribution in [-0.2, 0) is 21.7 Å². The summed E-state index contributed by atoms with van der Waals surface area (Å²) in [6.07, 6.45) is 5.26. The summed E-state index contributed by atoms with van der Waals surface area (Å²) in [5, 5.41) is 106. The van der Waals surface area contributed by atoms with Gasteiger partial charge in [-0.3, -0.25) is 80.9 Å². The van der Waals surface area contributed by atoms with Crippen molar-refractivity contribution < 1.29 is 39.4 Å². The van der Waals surface area contributed by atoms with Gasteiger partial charge in [0.1, 0.15) is 0 Å². The van der Waals surface area contributed by atoms with Crippen molar-refractivity contribution in [1.82, 2.24) is 19.9 Å². The maximum absolute atomic E-state index is 13.4. The minimum atomic E-state index is -1.07. The van der Waals surface area contributed by atoms with Gasteiger partial charge in [-0.25, -0.2) is 9.97 Å². The first-order valence-electron chi connectivity index (χ1n) is 26.9. The Morgan fingerprint density at radius 1 is 0.284 bits per heavy atom. The summed E-state index contributed by atoms with van der Waals surface area (Å²) in [5.41, 5.74) is -13.4. The predicted octanol–water partition coefficient (Wildman–Crippen LogP) is 15.8. The van der Waals surface area contributed by atoms with Gasteiger partial charge >= 0.3 is 0 Å². The number of aromatic nitrogens is 4. The van der Waals surface area contributed by atoms with Crippen molar-refractivity contribution in [2.45, 2.75) is 105 Å². The zero-order valence-corrected chi connectivity index (χ0v) is 49.2. The third-order valence-electron chi connectivity index (χ3n) is 15.1. The van der Waals surface area contributed by atoms with E-state index in [9.17, 15) is 80.9 Å². The van der Waals surface area contributed by atoms with Gasteiger partial charge in [-0.1, -0.05) is 83.1 Å². The second-order valence-corrected chi connectivity index (χ2v) is 25.1. The van der Waals surface area contributed by atoms with Crippen LogP contribution in [0.2, 0.25) is 0 Å². The summed E-state index contributed by atoms with van der Waals surface area (Å²) in [6, 6.07) is 13.5. The highest BCUT2D eigenvalue weighted by Crippen LogP contribution is 2.50. The smallest absolute Gasteiger partial charge is 0.278 e. The molecule has 8 bridgehead atoms. The highest BCUT2D eigenvalue weighted by atomic mass is 16.7. The van der Waals surface area contributed by atoms with Gasteiger partial charge in [0.25, 0.3) is 45.5 Å². The molecule has 0 fully saturated rings. The molecule has 7 aromatic rings. The van der Waals surface area contributed by atoms with E-state index in [-0.39, 0.29) is 89.4 Å². The number of hydrogen-bond donors (Lipinski definition) is 2. The third-order valence-corrected chi connectivity index (χ3v) is 15.1. The topological polar surface area (TPSA) is 402 Å². The van der Waals surface area contributed by atoms with Gasteiger partial charge in [0.2, 0.25) is 0 Å². The van der Waals surface area contributed by atoms with Crippen LogP contribution in [0.25, 0.3) is 90.9 Å². The van der Waals surface area contributed by atoms with Crippen LogP contribution in [0.15, 0.2) is 72.8 Å². The van der Waals surface area contributed by atoms with E-state index in [1.54, 1.807) is 83.1 Å².